The number of nitrogens with zero attached hydrogens (tertiary/aromatic N) is 4. The van der Waals surface area contributed by atoms with Gasteiger partial charge in [-0.1, -0.05) is 6.07 Å². The van der Waals surface area contributed by atoms with Crippen LogP contribution < -0.4 is 9.47 Å². The van der Waals surface area contributed by atoms with Gasteiger partial charge in [0, 0.05) is 37.2 Å². The molecule has 0 bridgehead atoms. The van der Waals surface area contributed by atoms with Crippen molar-refractivity contribution in [3.63, 3.8) is 0 Å². The Bertz CT molecular complexity index is 1090. The molecule has 1 N–H and O–H groups in total. The van der Waals surface area contributed by atoms with Gasteiger partial charge in [0.2, 0.25) is 0 Å². The number of aromatic nitrogens is 2. The van der Waals surface area contributed by atoms with E-state index >= 15 is 0 Å². The van der Waals surface area contributed by atoms with E-state index in [1.807, 2.05) is 53.2 Å². The van der Waals surface area contributed by atoms with Gasteiger partial charge in [-0.25, -0.2) is 14.5 Å². The summed E-state index contributed by atoms with van der Waals surface area (Å²) in [5.41, 5.74) is 3.92. The van der Waals surface area contributed by atoms with E-state index in [1.165, 1.54) is 0 Å². The molecule has 8 nitrogen and oxygen atoms in total. The van der Waals surface area contributed by atoms with Crippen LogP contribution in [0.1, 0.15) is 31.4 Å². The summed E-state index contributed by atoms with van der Waals surface area (Å²) >= 11 is 0. The lowest BCUT2D eigenvalue weighted by molar-refractivity contribution is -0.0542. The molecule has 3 aromatic rings. The molecule has 1 aliphatic heterocycles. The minimum Gasteiger partial charge on any atom is -0.497 e. The summed E-state index contributed by atoms with van der Waals surface area (Å²) in [6, 6.07) is 17.6. The van der Waals surface area contributed by atoms with Crippen molar-refractivity contribution in [1.82, 2.24) is 19.7 Å². The summed E-state index contributed by atoms with van der Waals surface area (Å²) < 4.78 is 12.7. The number of rotatable bonds is 6. The van der Waals surface area contributed by atoms with Crippen molar-refractivity contribution in [2.75, 3.05) is 33.9 Å². The van der Waals surface area contributed by atoms with Crippen LogP contribution in [0.3, 0.4) is 0 Å². The van der Waals surface area contributed by atoms with Gasteiger partial charge in [-0.3, -0.25) is 5.21 Å². The Hall–Kier alpha value is -3.52. The Balaban J connectivity index is 1.64. The van der Waals surface area contributed by atoms with Gasteiger partial charge in [-0.05, 0) is 62.2 Å². The van der Waals surface area contributed by atoms with Crippen LogP contribution in [0.25, 0.3) is 16.9 Å². The summed E-state index contributed by atoms with van der Waals surface area (Å²) in [7, 11) is 3.31. The number of carbonyl (C=O) groups excluding carboxylic acids is 1. The number of urea groups is 1. The first-order valence-electron chi connectivity index (χ1n) is 11.2. The minimum absolute atomic E-state index is 0.228. The maximum atomic E-state index is 12.3. The molecule has 1 aliphatic rings. The van der Waals surface area contributed by atoms with E-state index in [9.17, 15) is 10.0 Å². The first-order chi connectivity index (χ1) is 16.0. The van der Waals surface area contributed by atoms with Crippen LogP contribution in [-0.4, -0.2) is 64.8 Å². The lowest BCUT2D eigenvalue weighted by Gasteiger charge is -2.32. The van der Waals surface area contributed by atoms with Crippen LogP contribution in [0.5, 0.6) is 11.5 Å². The van der Waals surface area contributed by atoms with Gasteiger partial charge in [0.05, 0.1) is 31.3 Å². The van der Waals surface area contributed by atoms with Gasteiger partial charge >= 0.3 is 6.03 Å². The van der Waals surface area contributed by atoms with Gasteiger partial charge in [-0.15, -0.1) is 0 Å². The Morgan fingerprint density at radius 2 is 1.76 bits per heavy atom. The fraction of sp³-hybridized carbons (Fsp3) is 0.360. The number of amides is 2. The molecule has 1 aromatic heterocycles. The van der Waals surface area contributed by atoms with Crippen molar-refractivity contribution in [1.29, 1.82) is 0 Å². The highest BCUT2D eigenvalue weighted by atomic mass is 16.5. The zero-order valence-corrected chi connectivity index (χ0v) is 19.3. The molecular weight excluding hydrogens is 420 g/mol. The number of benzene rings is 2. The molecule has 0 atom stereocenters. The third-order valence-electron chi connectivity index (χ3n) is 6.12. The summed E-state index contributed by atoms with van der Waals surface area (Å²) in [6.07, 6.45) is 1.58. The zero-order chi connectivity index (χ0) is 23.4. The molecule has 2 aromatic carbocycles. The number of methoxy groups -OCH3 is 2. The van der Waals surface area contributed by atoms with E-state index in [2.05, 4.69) is 6.07 Å². The van der Waals surface area contributed by atoms with E-state index in [4.69, 9.17) is 14.6 Å². The molecule has 33 heavy (non-hydrogen) atoms. The molecule has 0 saturated carbocycles. The van der Waals surface area contributed by atoms with Crippen molar-refractivity contribution >= 4 is 6.03 Å². The number of likely N-dealkylation sites (tertiary alicyclic amines) is 1. The van der Waals surface area contributed by atoms with Gasteiger partial charge in [0.15, 0.2) is 0 Å². The fourth-order valence-electron chi connectivity index (χ4n) is 4.17. The van der Waals surface area contributed by atoms with Crippen LogP contribution in [0.4, 0.5) is 4.79 Å². The first-order valence-corrected chi connectivity index (χ1v) is 11.2. The zero-order valence-electron chi connectivity index (χ0n) is 19.3. The van der Waals surface area contributed by atoms with Crippen molar-refractivity contribution < 1.29 is 19.5 Å². The summed E-state index contributed by atoms with van der Waals surface area (Å²) in [6.45, 7) is 3.19. The molecule has 8 heteroatoms. The van der Waals surface area contributed by atoms with E-state index in [1.54, 1.807) is 26.0 Å². The Labute approximate surface area is 193 Å². The maximum absolute atomic E-state index is 12.3. The van der Waals surface area contributed by atoms with Crippen molar-refractivity contribution in [3.8, 4) is 28.4 Å². The third-order valence-corrected chi connectivity index (χ3v) is 6.12. The van der Waals surface area contributed by atoms with Crippen molar-refractivity contribution in [2.45, 2.75) is 25.7 Å². The molecular formula is C25H30N4O4. The molecule has 0 spiro atoms. The molecule has 0 aliphatic carbocycles. The first kappa shape index (κ1) is 22.7. The standard InChI is InChI=1S/C25H30N4O4/c1-4-28(31)25(30)27-14-12-18(13-15-27)23-17-24(19-8-10-21(32-2)11-9-19)29(26-23)20-6-5-7-22(16-20)33-3/h5-11,16-18,31H,4,12-15H2,1-3H3. The molecule has 1 saturated heterocycles. The molecule has 4 rings (SSSR count). The maximum Gasteiger partial charge on any atom is 0.343 e. The number of hydroxylamine groups is 2. The van der Waals surface area contributed by atoms with Crippen LogP contribution in [0.2, 0.25) is 0 Å². The van der Waals surface area contributed by atoms with E-state index in [0.717, 1.165) is 52.0 Å². The predicted molar refractivity (Wildman–Crippen MR) is 125 cm³/mol. The lowest BCUT2D eigenvalue weighted by Crippen LogP contribution is -2.45. The molecule has 174 valence electrons. The summed E-state index contributed by atoms with van der Waals surface area (Å²) in [5.74, 6) is 1.79. The SMILES string of the molecule is CCN(O)C(=O)N1CCC(c2cc(-c3ccc(OC)cc3)n(-c3cccc(OC)c3)n2)CC1. The molecule has 2 heterocycles. The van der Waals surface area contributed by atoms with Gasteiger partial charge < -0.3 is 14.4 Å². The van der Waals surface area contributed by atoms with Crippen molar-refractivity contribution in [2.24, 2.45) is 0 Å². The Morgan fingerprint density at radius 3 is 2.39 bits per heavy atom. The second kappa shape index (κ2) is 9.95. The summed E-state index contributed by atoms with van der Waals surface area (Å²) in [5, 5.41) is 15.5. The van der Waals surface area contributed by atoms with Crippen LogP contribution in [0, 0.1) is 0 Å². The topological polar surface area (TPSA) is 80.1 Å². The highest BCUT2D eigenvalue weighted by molar-refractivity contribution is 5.73. The number of ether oxygens (including phenoxy) is 2. The van der Waals surface area contributed by atoms with Crippen LogP contribution in [-0.2, 0) is 0 Å². The lowest BCUT2D eigenvalue weighted by atomic mass is 9.93. The second-order valence-corrected chi connectivity index (χ2v) is 8.06. The number of piperidine rings is 1. The Morgan fingerprint density at radius 1 is 1.06 bits per heavy atom. The van der Waals surface area contributed by atoms with Crippen LogP contribution in [0.15, 0.2) is 54.6 Å². The largest absolute Gasteiger partial charge is 0.497 e. The van der Waals surface area contributed by atoms with E-state index < -0.39 is 0 Å². The second-order valence-electron chi connectivity index (χ2n) is 8.06. The van der Waals surface area contributed by atoms with E-state index in [0.29, 0.717) is 13.1 Å². The number of hydrogen-bond donors (Lipinski definition) is 1. The number of hydrogen-bond acceptors (Lipinski definition) is 5. The quantitative estimate of drug-likeness (QED) is 0.440. The third kappa shape index (κ3) is 4.80. The highest BCUT2D eigenvalue weighted by Gasteiger charge is 2.28. The van der Waals surface area contributed by atoms with Crippen molar-refractivity contribution in [3.05, 3.63) is 60.3 Å². The van der Waals surface area contributed by atoms with Gasteiger partial charge in [0.25, 0.3) is 0 Å². The van der Waals surface area contributed by atoms with Gasteiger partial charge in [-0.2, -0.15) is 5.10 Å². The average molecular weight is 451 g/mol. The van der Waals surface area contributed by atoms with E-state index in [-0.39, 0.29) is 18.5 Å². The molecule has 0 unspecified atom stereocenters. The highest BCUT2D eigenvalue weighted by Crippen LogP contribution is 2.33. The molecule has 1 fully saturated rings. The van der Waals surface area contributed by atoms with Crippen LogP contribution >= 0.6 is 0 Å². The monoisotopic (exact) mass is 450 g/mol. The fourth-order valence-corrected chi connectivity index (χ4v) is 4.17. The normalized spacial score (nSPS) is 14.2. The molecule has 0 radical (unpaired) electrons. The summed E-state index contributed by atoms with van der Waals surface area (Å²) in [4.78, 5) is 14.0. The van der Waals surface area contributed by atoms with Gasteiger partial charge in [0.1, 0.15) is 11.5 Å². The Kier molecular flexibility index (Phi) is 6.84. The average Bonchev–Trinajstić information content (AvgIpc) is 3.33. The smallest absolute Gasteiger partial charge is 0.343 e. The predicted octanol–water partition coefficient (Wildman–Crippen LogP) is 4.57. The molecule has 2 amide bonds. The number of carbonyl (C=O) groups is 1. The minimum atomic E-state index is -0.336.